The van der Waals surface area contributed by atoms with Crippen molar-refractivity contribution in [3.63, 3.8) is 0 Å². The molecule has 1 aliphatic rings. The standard InChI is InChI=1S/C20H20N2O4/c1-13-10-17(12-19(23)25-13)26-16-5-8-22(9-6-16)20(24)15-2-3-18-14(11-15)4-7-21-18/h2-4,7,10-12,16,21H,5-6,8-9H2,1H3. The average Bonchev–Trinajstić information content (AvgIpc) is 3.08. The van der Waals surface area contributed by atoms with Crippen LogP contribution in [0.15, 0.2) is 51.8 Å². The Labute approximate surface area is 150 Å². The van der Waals surface area contributed by atoms with Crippen LogP contribution in [0.4, 0.5) is 0 Å². The molecule has 26 heavy (non-hydrogen) atoms. The van der Waals surface area contributed by atoms with Crippen molar-refractivity contribution in [3.8, 4) is 5.75 Å². The number of likely N-dealkylation sites (tertiary alicyclic amines) is 1. The Balaban J connectivity index is 1.39. The lowest BCUT2D eigenvalue weighted by molar-refractivity contribution is 0.0594. The second-order valence-corrected chi connectivity index (χ2v) is 6.61. The van der Waals surface area contributed by atoms with Gasteiger partial charge in [-0.1, -0.05) is 0 Å². The number of hydrogen-bond donors (Lipinski definition) is 1. The molecule has 1 N–H and O–H groups in total. The van der Waals surface area contributed by atoms with Crippen LogP contribution < -0.4 is 10.4 Å². The Morgan fingerprint density at radius 2 is 2.00 bits per heavy atom. The third kappa shape index (κ3) is 3.35. The van der Waals surface area contributed by atoms with Crippen LogP contribution >= 0.6 is 0 Å². The normalized spacial score (nSPS) is 15.3. The number of ether oxygens (including phenoxy) is 1. The van der Waals surface area contributed by atoms with Crippen LogP contribution in [0.3, 0.4) is 0 Å². The monoisotopic (exact) mass is 352 g/mol. The summed E-state index contributed by atoms with van der Waals surface area (Å²) in [4.78, 5) is 29.2. The molecule has 0 aliphatic carbocycles. The highest BCUT2D eigenvalue weighted by Crippen LogP contribution is 2.21. The first kappa shape index (κ1) is 16.4. The zero-order chi connectivity index (χ0) is 18.1. The number of aromatic amines is 1. The van der Waals surface area contributed by atoms with Crippen LogP contribution in [0.25, 0.3) is 10.9 Å². The SMILES string of the molecule is Cc1cc(OC2CCN(C(=O)c3ccc4[nH]ccc4c3)CC2)cc(=O)o1. The Morgan fingerprint density at radius 3 is 2.77 bits per heavy atom. The van der Waals surface area contributed by atoms with Gasteiger partial charge in [0.1, 0.15) is 17.6 Å². The number of rotatable bonds is 3. The second kappa shape index (κ2) is 6.71. The number of nitrogens with one attached hydrogen (secondary N) is 1. The van der Waals surface area contributed by atoms with Crippen LogP contribution in [0.1, 0.15) is 29.0 Å². The summed E-state index contributed by atoms with van der Waals surface area (Å²) in [5.41, 5.74) is 1.32. The van der Waals surface area contributed by atoms with Gasteiger partial charge in [0.05, 0.1) is 6.07 Å². The van der Waals surface area contributed by atoms with Crippen LogP contribution in [-0.4, -0.2) is 35.0 Å². The molecule has 1 amide bonds. The van der Waals surface area contributed by atoms with Gasteiger partial charge in [-0.25, -0.2) is 4.79 Å². The molecule has 2 aromatic heterocycles. The van der Waals surface area contributed by atoms with E-state index in [1.807, 2.05) is 35.4 Å². The molecule has 0 bridgehead atoms. The fourth-order valence-electron chi connectivity index (χ4n) is 3.38. The highest BCUT2D eigenvalue weighted by atomic mass is 16.5. The van der Waals surface area contributed by atoms with E-state index in [2.05, 4.69) is 4.98 Å². The Kier molecular flexibility index (Phi) is 4.24. The molecule has 0 unspecified atom stereocenters. The Hall–Kier alpha value is -3.02. The molecule has 1 fully saturated rings. The minimum Gasteiger partial charge on any atom is -0.490 e. The fourth-order valence-corrected chi connectivity index (χ4v) is 3.38. The first-order valence-corrected chi connectivity index (χ1v) is 8.73. The zero-order valence-corrected chi connectivity index (χ0v) is 14.5. The minimum atomic E-state index is -0.409. The summed E-state index contributed by atoms with van der Waals surface area (Å²) in [5.74, 6) is 1.10. The highest BCUT2D eigenvalue weighted by Gasteiger charge is 2.25. The van der Waals surface area contributed by atoms with E-state index in [-0.39, 0.29) is 12.0 Å². The largest absolute Gasteiger partial charge is 0.490 e. The molecule has 134 valence electrons. The minimum absolute atomic E-state index is 0.00703. The molecule has 0 atom stereocenters. The number of fused-ring (bicyclic) bond motifs is 1. The van der Waals surface area contributed by atoms with Gasteiger partial charge in [-0.05, 0) is 31.2 Å². The number of benzene rings is 1. The molecule has 1 aromatic carbocycles. The maximum absolute atomic E-state index is 12.7. The van der Waals surface area contributed by atoms with Crippen molar-refractivity contribution >= 4 is 16.8 Å². The lowest BCUT2D eigenvalue weighted by Gasteiger charge is -2.32. The number of carbonyl (C=O) groups is 1. The summed E-state index contributed by atoms with van der Waals surface area (Å²) in [6.07, 6.45) is 3.33. The van der Waals surface area contributed by atoms with Gasteiger partial charge >= 0.3 is 5.63 Å². The summed E-state index contributed by atoms with van der Waals surface area (Å²) >= 11 is 0. The van der Waals surface area contributed by atoms with Gasteiger partial charge in [-0.2, -0.15) is 0 Å². The molecule has 0 spiro atoms. The molecular formula is C20H20N2O4. The first-order valence-electron chi connectivity index (χ1n) is 8.73. The van der Waals surface area contributed by atoms with Crippen LogP contribution in [0.5, 0.6) is 5.75 Å². The van der Waals surface area contributed by atoms with Gasteiger partial charge in [-0.3, -0.25) is 4.79 Å². The Morgan fingerprint density at radius 1 is 1.19 bits per heavy atom. The second-order valence-electron chi connectivity index (χ2n) is 6.61. The van der Waals surface area contributed by atoms with Crippen molar-refractivity contribution in [2.45, 2.75) is 25.9 Å². The van der Waals surface area contributed by atoms with E-state index >= 15 is 0 Å². The summed E-state index contributed by atoms with van der Waals surface area (Å²) in [6, 6.07) is 10.7. The highest BCUT2D eigenvalue weighted by molar-refractivity contribution is 5.98. The number of hydrogen-bond acceptors (Lipinski definition) is 4. The van der Waals surface area contributed by atoms with Crippen molar-refractivity contribution in [2.75, 3.05) is 13.1 Å². The van der Waals surface area contributed by atoms with E-state index < -0.39 is 5.63 Å². The lowest BCUT2D eigenvalue weighted by atomic mass is 10.1. The van der Waals surface area contributed by atoms with Gasteiger partial charge in [0.15, 0.2) is 0 Å². The third-order valence-electron chi connectivity index (χ3n) is 4.70. The number of aromatic nitrogens is 1. The topological polar surface area (TPSA) is 75.5 Å². The molecular weight excluding hydrogens is 332 g/mol. The van der Waals surface area contributed by atoms with E-state index in [0.29, 0.717) is 30.2 Å². The van der Waals surface area contributed by atoms with Gasteiger partial charge in [-0.15, -0.1) is 0 Å². The molecule has 6 nitrogen and oxygen atoms in total. The zero-order valence-electron chi connectivity index (χ0n) is 14.5. The predicted molar refractivity (Wildman–Crippen MR) is 97.6 cm³/mol. The number of amides is 1. The van der Waals surface area contributed by atoms with E-state index in [1.54, 1.807) is 13.0 Å². The van der Waals surface area contributed by atoms with Gasteiger partial charge in [0, 0.05) is 54.7 Å². The first-order chi connectivity index (χ1) is 12.6. The van der Waals surface area contributed by atoms with E-state index in [1.165, 1.54) is 6.07 Å². The maximum Gasteiger partial charge on any atom is 0.339 e. The lowest BCUT2D eigenvalue weighted by Crippen LogP contribution is -2.41. The molecule has 1 aliphatic heterocycles. The quantitative estimate of drug-likeness (QED) is 0.786. The van der Waals surface area contributed by atoms with E-state index in [9.17, 15) is 9.59 Å². The fraction of sp³-hybridized carbons (Fsp3) is 0.300. The maximum atomic E-state index is 12.7. The molecule has 0 radical (unpaired) electrons. The number of H-pyrrole nitrogens is 1. The van der Waals surface area contributed by atoms with Crippen molar-refractivity contribution in [2.24, 2.45) is 0 Å². The van der Waals surface area contributed by atoms with Crippen molar-refractivity contribution in [3.05, 3.63) is 64.3 Å². The van der Waals surface area contributed by atoms with Crippen LogP contribution in [0.2, 0.25) is 0 Å². The summed E-state index contributed by atoms with van der Waals surface area (Å²) in [5, 5.41) is 1.03. The number of aryl methyl sites for hydroxylation is 1. The van der Waals surface area contributed by atoms with Gasteiger partial charge < -0.3 is 19.0 Å². The van der Waals surface area contributed by atoms with Crippen LogP contribution in [-0.2, 0) is 0 Å². The Bertz CT molecular complexity index is 996. The van der Waals surface area contributed by atoms with Crippen molar-refractivity contribution < 1.29 is 13.9 Å². The van der Waals surface area contributed by atoms with E-state index in [0.717, 1.165) is 23.7 Å². The molecule has 1 saturated heterocycles. The summed E-state index contributed by atoms with van der Waals surface area (Å²) < 4.78 is 10.8. The number of carbonyl (C=O) groups excluding carboxylic acids is 1. The molecule has 3 heterocycles. The molecule has 6 heteroatoms. The van der Waals surface area contributed by atoms with E-state index in [4.69, 9.17) is 9.15 Å². The third-order valence-corrected chi connectivity index (χ3v) is 4.70. The number of piperidine rings is 1. The van der Waals surface area contributed by atoms with Crippen molar-refractivity contribution in [1.29, 1.82) is 0 Å². The molecule has 3 aromatic rings. The summed E-state index contributed by atoms with van der Waals surface area (Å²) in [7, 11) is 0. The van der Waals surface area contributed by atoms with Crippen molar-refractivity contribution in [1.82, 2.24) is 9.88 Å². The van der Waals surface area contributed by atoms with Gasteiger partial charge in [0.2, 0.25) is 0 Å². The number of nitrogens with zero attached hydrogens (tertiary/aromatic N) is 1. The summed E-state index contributed by atoms with van der Waals surface area (Å²) in [6.45, 7) is 2.99. The molecule has 4 rings (SSSR count). The smallest absolute Gasteiger partial charge is 0.339 e. The molecule has 0 saturated carbocycles. The average molecular weight is 352 g/mol. The van der Waals surface area contributed by atoms with Crippen LogP contribution in [0, 0.1) is 6.92 Å². The predicted octanol–water partition coefficient (Wildman–Crippen LogP) is 3.11. The van der Waals surface area contributed by atoms with Gasteiger partial charge in [0.25, 0.3) is 5.91 Å².